The number of para-hydroxylation sites is 1. The Labute approximate surface area is 354 Å². The van der Waals surface area contributed by atoms with E-state index < -0.39 is 129 Å². The van der Waals surface area contributed by atoms with Crippen LogP contribution in [0.1, 0.15) is 48.5 Å². The number of nitrogens with one attached hydrogen (secondary N) is 1. The smallest absolute Gasteiger partial charge is 0.463 e. The number of amides is 1. The molecule has 62 heavy (non-hydrogen) atoms. The Kier molecular flexibility index (Phi) is 20.2. The molecule has 24 heteroatoms. The summed E-state index contributed by atoms with van der Waals surface area (Å²) in [6.07, 6.45) is -19.6. The molecule has 3 rings (SSSR count). The van der Waals surface area contributed by atoms with Gasteiger partial charge in [0.2, 0.25) is 6.29 Å². The van der Waals surface area contributed by atoms with Crippen LogP contribution in [0.25, 0.3) is 0 Å². The Hall–Kier alpha value is -6.11. The van der Waals surface area contributed by atoms with Crippen molar-refractivity contribution in [3.8, 4) is 5.75 Å². The summed E-state index contributed by atoms with van der Waals surface area (Å²) < 4.78 is 76.6. The van der Waals surface area contributed by atoms with E-state index in [1.165, 1.54) is 0 Å². The molecule has 1 aromatic rings. The van der Waals surface area contributed by atoms with Crippen molar-refractivity contribution in [2.45, 2.75) is 110 Å². The van der Waals surface area contributed by atoms with Crippen LogP contribution in [-0.4, -0.2) is 155 Å². The molecule has 0 spiro atoms. The second kappa shape index (κ2) is 25.0. The maximum atomic E-state index is 13.1. The molecular formula is C38H49NO23. The summed E-state index contributed by atoms with van der Waals surface area (Å²) in [7, 11) is 0. The van der Waals surface area contributed by atoms with Crippen LogP contribution in [0, 0.1) is 0 Å². The normalized spacial score (nSPS) is 25.3. The fourth-order valence-corrected chi connectivity index (χ4v) is 5.84. The van der Waals surface area contributed by atoms with Crippen molar-refractivity contribution >= 4 is 54.0 Å². The van der Waals surface area contributed by atoms with Crippen molar-refractivity contribution in [1.29, 1.82) is 0 Å². The lowest BCUT2D eigenvalue weighted by atomic mass is 9.96. The molecule has 0 unspecified atom stereocenters. The fraction of sp³-hybridized carbons (Fsp3) is 0.605. The lowest BCUT2D eigenvalue weighted by Gasteiger charge is -2.48. The van der Waals surface area contributed by atoms with Crippen LogP contribution < -0.4 is 10.1 Å². The minimum absolute atomic E-state index is 0.0888. The third-order valence-corrected chi connectivity index (χ3v) is 8.02. The zero-order valence-electron chi connectivity index (χ0n) is 34.8. The summed E-state index contributed by atoms with van der Waals surface area (Å²) in [5, 5.41) is 2.38. The highest BCUT2D eigenvalue weighted by Crippen LogP contribution is 2.35. The quantitative estimate of drug-likeness (QED) is 0.0859. The van der Waals surface area contributed by atoms with Crippen LogP contribution in [0.2, 0.25) is 0 Å². The van der Waals surface area contributed by atoms with Crippen molar-refractivity contribution in [3.63, 3.8) is 0 Å². The van der Waals surface area contributed by atoms with Gasteiger partial charge in [0.15, 0.2) is 36.8 Å². The summed E-state index contributed by atoms with van der Waals surface area (Å²) in [5.74, 6) is -6.17. The maximum absolute atomic E-state index is 13.1. The predicted molar refractivity (Wildman–Crippen MR) is 197 cm³/mol. The zero-order valence-corrected chi connectivity index (χ0v) is 34.8. The first-order chi connectivity index (χ1) is 29.3. The molecule has 0 bridgehead atoms. The fourth-order valence-electron chi connectivity index (χ4n) is 5.84. The van der Waals surface area contributed by atoms with Gasteiger partial charge in [-0.2, -0.15) is 0 Å². The summed E-state index contributed by atoms with van der Waals surface area (Å²) in [4.78, 5) is 111. The van der Waals surface area contributed by atoms with Crippen LogP contribution >= 0.6 is 0 Å². The third-order valence-electron chi connectivity index (χ3n) is 8.02. The molecule has 2 fully saturated rings. The van der Waals surface area contributed by atoms with Crippen molar-refractivity contribution in [2.24, 2.45) is 0 Å². The number of hydrogen-bond donors (Lipinski definition) is 1. The van der Waals surface area contributed by atoms with E-state index in [-0.39, 0.29) is 32.1 Å². The van der Waals surface area contributed by atoms with Gasteiger partial charge in [0.25, 0.3) is 0 Å². The molecule has 344 valence electrons. The molecule has 10 atom stereocenters. The van der Waals surface area contributed by atoms with Crippen LogP contribution in [0.3, 0.4) is 0 Å². The van der Waals surface area contributed by atoms with Gasteiger partial charge in [-0.05, 0) is 12.1 Å². The predicted octanol–water partition coefficient (Wildman–Crippen LogP) is 0.565. The average molecular weight is 888 g/mol. The van der Waals surface area contributed by atoms with E-state index in [1.807, 2.05) is 0 Å². The SMILES string of the molecule is CC(=O)OC[C@H]1O[C@H](OC(=O)NCCOCCOC(=O)Oc2ccccc2)[C@@H](OC(C)=O)[C@@H](O[C@H]2O[C@H](COC(C)=O)[C@@H](OC(C)=O)[C@H](OC(C)=O)[C@H]2OC(C)=O)[C@@H]1OC(C)=O. The number of esters is 7. The Bertz CT molecular complexity index is 1720. The molecule has 1 aromatic carbocycles. The lowest BCUT2D eigenvalue weighted by Crippen LogP contribution is -2.67. The van der Waals surface area contributed by atoms with Crippen LogP contribution in [0.4, 0.5) is 9.59 Å². The van der Waals surface area contributed by atoms with Gasteiger partial charge in [0, 0.05) is 55.0 Å². The van der Waals surface area contributed by atoms with Crippen molar-refractivity contribution < 1.29 is 109 Å². The number of carbonyl (C=O) groups excluding carboxylic acids is 9. The van der Waals surface area contributed by atoms with Gasteiger partial charge in [-0.15, -0.1) is 0 Å². The largest absolute Gasteiger partial charge is 0.513 e. The van der Waals surface area contributed by atoms with Crippen molar-refractivity contribution in [2.75, 3.05) is 39.6 Å². The molecule has 0 aromatic heterocycles. The van der Waals surface area contributed by atoms with Gasteiger partial charge in [0.05, 0.1) is 13.2 Å². The highest BCUT2D eigenvalue weighted by Gasteiger charge is 2.58. The summed E-state index contributed by atoms with van der Waals surface area (Å²) in [6.45, 7) is 5.17. The second-order valence-corrected chi connectivity index (χ2v) is 13.1. The number of benzene rings is 1. The van der Waals surface area contributed by atoms with Crippen molar-refractivity contribution in [3.05, 3.63) is 30.3 Å². The topological polar surface area (TPSA) is 295 Å². The standard InChI is InChI=1S/C38H49NO23/c1-19(40)51-17-27-29(53-21(3)42)31(55-23(5)44)33(56-24(6)45)35(59-27)61-32-30(54-22(4)43)28(18-52-20(2)41)60-36(34(32)57-25(7)46)62-37(47)39-13-14-49-15-16-50-38(48)58-26-11-9-8-10-12-26/h8-12,27-36H,13-18H2,1-7H3,(H,39,47)/t27-,28-,29-,30-,31+,32+,33-,34+,35-,36-/m1/s1. The number of hydrogen-bond acceptors (Lipinski definition) is 23. The summed E-state index contributed by atoms with van der Waals surface area (Å²) in [5.41, 5.74) is 0. The Morgan fingerprint density at radius 1 is 0.500 bits per heavy atom. The molecule has 2 heterocycles. The van der Waals surface area contributed by atoms with Gasteiger partial charge in [0.1, 0.15) is 43.9 Å². The monoisotopic (exact) mass is 887 g/mol. The Balaban J connectivity index is 1.91. The lowest BCUT2D eigenvalue weighted by molar-refractivity contribution is -0.357. The third kappa shape index (κ3) is 17.1. The minimum Gasteiger partial charge on any atom is -0.463 e. The van der Waals surface area contributed by atoms with E-state index >= 15 is 0 Å². The molecular weight excluding hydrogens is 838 g/mol. The van der Waals surface area contributed by atoms with E-state index in [2.05, 4.69) is 5.32 Å². The van der Waals surface area contributed by atoms with Crippen LogP contribution in [0.5, 0.6) is 5.75 Å². The highest BCUT2D eigenvalue weighted by atomic mass is 16.8. The Morgan fingerprint density at radius 2 is 0.968 bits per heavy atom. The summed E-state index contributed by atoms with van der Waals surface area (Å²) >= 11 is 0. The average Bonchev–Trinajstić information content (AvgIpc) is 3.16. The first-order valence-electron chi connectivity index (χ1n) is 18.9. The van der Waals surface area contributed by atoms with E-state index in [4.69, 9.17) is 66.3 Å². The summed E-state index contributed by atoms with van der Waals surface area (Å²) in [6, 6.07) is 8.19. The zero-order chi connectivity index (χ0) is 45.9. The number of alkyl carbamates (subject to hydrolysis) is 1. The molecule has 1 amide bonds. The molecule has 0 radical (unpaired) electrons. The van der Waals surface area contributed by atoms with E-state index in [9.17, 15) is 43.2 Å². The molecule has 2 saturated heterocycles. The number of ether oxygens (including phenoxy) is 14. The Morgan fingerprint density at radius 3 is 1.48 bits per heavy atom. The van der Waals surface area contributed by atoms with E-state index in [1.54, 1.807) is 30.3 Å². The van der Waals surface area contributed by atoms with Gasteiger partial charge < -0.3 is 71.6 Å². The minimum atomic E-state index is -1.94. The first kappa shape index (κ1) is 50.2. The van der Waals surface area contributed by atoms with Gasteiger partial charge >= 0.3 is 54.0 Å². The first-order valence-corrected chi connectivity index (χ1v) is 18.9. The highest BCUT2D eigenvalue weighted by molar-refractivity contribution is 5.70. The molecule has 2 aliphatic heterocycles. The molecule has 1 N–H and O–H groups in total. The van der Waals surface area contributed by atoms with Crippen molar-refractivity contribution in [1.82, 2.24) is 5.32 Å². The van der Waals surface area contributed by atoms with Crippen LogP contribution in [0.15, 0.2) is 30.3 Å². The number of rotatable bonds is 19. The second-order valence-electron chi connectivity index (χ2n) is 13.1. The molecule has 0 saturated carbocycles. The van der Waals surface area contributed by atoms with Gasteiger partial charge in [-0.3, -0.25) is 33.6 Å². The van der Waals surface area contributed by atoms with Crippen LogP contribution in [-0.2, 0) is 95.1 Å². The maximum Gasteiger partial charge on any atom is 0.513 e. The van der Waals surface area contributed by atoms with Gasteiger partial charge in [-0.25, -0.2) is 9.59 Å². The van der Waals surface area contributed by atoms with E-state index in [0.29, 0.717) is 0 Å². The molecule has 24 nitrogen and oxygen atoms in total. The number of carbonyl (C=O) groups is 9. The van der Waals surface area contributed by atoms with Gasteiger partial charge in [-0.1, -0.05) is 18.2 Å². The molecule has 2 aliphatic rings. The molecule has 0 aliphatic carbocycles. The van der Waals surface area contributed by atoms with E-state index in [0.717, 1.165) is 48.5 Å².